The average Bonchev–Trinajstić information content (AvgIpc) is 2.64. The van der Waals surface area contributed by atoms with Crippen LogP contribution in [0.2, 0.25) is 0 Å². The first-order valence-electron chi connectivity index (χ1n) is 5.95. The van der Waals surface area contributed by atoms with Crippen LogP contribution in [0.4, 0.5) is 0 Å². The molecule has 0 saturated heterocycles. The quantitative estimate of drug-likeness (QED) is 0.794. The molecule has 2 atom stereocenters. The van der Waals surface area contributed by atoms with Crippen molar-refractivity contribution < 1.29 is 8.42 Å². The number of rotatable bonds is 6. The van der Waals surface area contributed by atoms with E-state index in [-0.39, 0.29) is 11.0 Å². The predicted octanol–water partition coefficient (Wildman–Crippen LogP) is 1.68. The smallest absolute Gasteiger partial charge is 0.153 e. The minimum atomic E-state index is -2.88. The van der Waals surface area contributed by atoms with Gasteiger partial charge in [-0.05, 0) is 32.9 Å². The topological polar surface area (TPSA) is 46.2 Å². The molecular weight excluding hydrogens is 242 g/mol. The van der Waals surface area contributed by atoms with Gasteiger partial charge in [0.1, 0.15) is 0 Å². The molecule has 0 aliphatic heterocycles. The maximum absolute atomic E-state index is 11.6. The normalized spacial score (nSPS) is 26.5. The van der Waals surface area contributed by atoms with E-state index in [1.807, 2.05) is 11.8 Å². The highest BCUT2D eigenvalue weighted by atomic mass is 32.2. The van der Waals surface area contributed by atoms with Crippen LogP contribution in [0.1, 0.15) is 33.1 Å². The molecule has 0 radical (unpaired) electrons. The van der Waals surface area contributed by atoms with Crippen LogP contribution in [0.5, 0.6) is 0 Å². The first-order valence-corrected chi connectivity index (χ1v) is 8.95. The molecule has 0 aromatic heterocycles. The summed E-state index contributed by atoms with van der Waals surface area (Å²) in [5.74, 6) is 0.266. The Balaban J connectivity index is 2.30. The molecule has 0 heterocycles. The summed E-state index contributed by atoms with van der Waals surface area (Å²) in [6.07, 6.45) is 5.85. The van der Waals surface area contributed by atoms with Gasteiger partial charge < -0.3 is 5.32 Å². The fraction of sp³-hybridized carbons (Fsp3) is 1.00. The molecule has 0 bridgehead atoms. The summed E-state index contributed by atoms with van der Waals surface area (Å²) in [6.45, 7) is 4.09. The Morgan fingerprint density at radius 3 is 2.62 bits per heavy atom. The lowest BCUT2D eigenvalue weighted by Crippen LogP contribution is -2.38. The Kier molecular flexibility index (Phi) is 5.61. The van der Waals surface area contributed by atoms with Crippen molar-refractivity contribution in [3.63, 3.8) is 0 Å². The molecule has 5 heteroatoms. The van der Waals surface area contributed by atoms with Gasteiger partial charge in [-0.25, -0.2) is 8.42 Å². The van der Waals surface area contributed by atoms with E-state index in [0.717, 1.165) is 0 Å². The number of nitrogens with one attached hydrogen (secondary N) is 1. The van der Waals surface area contributed by atoms with E-state index in [1.54, 1.807) is 13.8 Å². The summed E-state index contributed by atoms with van der Waals surface area (Å²) in [4.78, 5) is 0. The zero-order valence-corrected chi connectivity index (χ0v) is 12.0. The van der Waals surface area contributed by atoms with Crippen molar-refractivity contribution in [3.05, 3.63) is 0 Å². The van der Waals surface area contributed by atoms with Gasteiger partial charge in [0.05, 0.1) is 11.0 Å². The Bertz CT molecular complexity index is 301. The molecule has 0 aromatic carbocycles. The van der Waals surface area contributed by atoms with Gasteiger partial charge >= 0.3 is 0 Å². The van der Waals surface area contributed by atoms with Crippen LogP contribution in [0.15, 0.2) is 0 Å². The monoisotopic (exact) mass is 265 g/mol. The van der Waals surface area contributed by atoms with Crippen LogP contribution in [0.3, 0.4) is 0 Å². The summed E-state index contributed by atoms with van der Waals surface area (Å²) in [7, 11) is -2.88. The molecular formula is C11H23NO2S2. The van der Waals surface area contributed by atoms with Crippen LogP contribution in [-0.4, -0.2) is 43.5 Å². The Hall–Kier alpha value is 0.260. The minimum Gasteiger partial charge on any atom is -0.312 e. The largest absolute Gasteiger partial charge is 0.312 e. The first kappa shape index (κ1) is 14.3. The standard InChI is InChI=1S/C11H23NO2S2/c1-9(2)16(13,14)8-7-12-10-5-4-6-11(10)15-3/h9-12H,4-8H2,1-3H3. The van der Waals surface area contributed by atoms with E-state index in [4.69, 9.17) is 0 Å². The van der Waals surface area contributed by atoms with Crippen molar-refractivity contribution in [3.8, 4) is 0 Å². The predicted molar refractivity (Wildman–Crippen MR) is 71.9 cm³/mol. The summed E-state index contributed by atoms with van der Waals surface area (Å²) >= 11 is 1.89. The second-order valence-corrected chi connectivity index (χ2v) is 8.44. The highest BCUT2D eigenvalue weighted by Crippen LogP contribution is 2.28. The van der Waals surface area contributed by atoms with Gasteiger partial charge in [-0.3, -0.25) is 0 Å². The number of thioether (sulfide) groups is 1. The molecule has 0 aromatic rings. The lowest BCUT2D eigenvalue weighted by atomic mass is 10.2. The van der Waals surface area contributed by atoms with Crippen LogP contribution < -0.4 is 5.32 Å². The van der Waals surface area contributed by atoms with Gasteiger partial charge in [0.2, 0.25) is 0 Å². The van der Waals surface area contributed by atoms with E-state index in [0.29, 0.717) is 17.8 Å². The zero-order valence-electron chi connectivity index (χ0n) is 10.4. The van der Waals surface area contributed by atoms with Gasteiger partial charge in [0, 0.05) is 17.8 Å². The Labute approximate surface area is 104 Å². The van der Waals surface area contributed by atoms with Gasteiger partial charge in [0.15, 0.2) is 9.84 Å². The van der Waals surface area contributed by atoms with E-state index in [2.05, 4.69) is 11.6 Å². The molecule has 1 rings (SSSR count). The summed E-state index contributed by atoms with van der Waals surface area (Å²) in [6, 6.07) is 0.511. The lowest BCUT2D eigenvalue weighted by Gasteiger charge is -2.19. The molecule has 16 heavy (non-hydrogen) atoms. The maximum atomic E-state index is 11.6. The molecule has 3 nitrogen and oxygen atoms in total. The van der Waals surface area contributed by atoms with Crippen LogP contribution >= 0.6 is 11.8 Å². The van der Waals surface area contributed by atoms with Crippen LogP contribution in [0.25, 0.3) is 0 Å². The average molecular weight is 265 g/mol. The fourth-order valence-electron chi connectivity index (χ4n) is 2.06. The van der Waals surface area contributed by atoms with Gasteiger partial charge in [-0.15, -0.1) is 0 Å². The van der Waals surface area contributed by atoms with E-state index < -0.39 is 9.84 Å². The van der Waals surface area contributed by atoms with Gasteiger partial charge in [-0.2, -0.15) is 11.8 Å². The van der Waals surface area contributed by atoms with Crippen LogP contribution in [-0.2, 0) is 9.84 Å². The van der Waals surface area contributed by atoms with Crippen molar-refractivity contribution in [1.82, 2.24) is 5.32 Å². The number of hydrogen-bond donors (Lipinski definition) is 1. The van der Waals surface area contributed by atoms with Gasteiger partial charge in [0.25, 0.3) is 0 Å². The lowest BCUT2D eigenvalue weighted by molar-refractivity contribution is 0.541. The third-order valence-electron chi connectivity index (χ3n) is 3.27. The summed E-state index contributed by atoms with van der Waals surface area (Å²) in [5.41, 5.74) is 0. The van der Waals surface area contributed by atoms with E-state index in [1.165, 1.54) is 19.3 Å². The molecule has 2 unspecified atom stereocenters. The summed E-state index contributed by atoms with van der Waals surface area (Å²) in [5, 5.41) is 3.81. The minimum absolute atomic E-state index is 0.255. The fourth-order valence-corrected chi connectivity index (χ4v) is 3.90. The highest BCUT2D eigenvalue weighted by Gasteiger charge is 2.26. The Morgan fingerprint density at radius 2 is 2.06 bits per heavy atom. The first-order chi connectivity index (χ1) is 7.47. The number of hydrogen-bond acceptors (Lipinski definition) is 4. The second kappa shape index (κ2) is 6.26. The van der Waals surface area contributed by atoms with E-state index >= 15 is 0 Å². The third kappa shape index (κ3) is 3.93. The zero-order chi connectivity index (χ0) is 12.2. The van der Waals surface area contributed by atoms with Crippen molar-refractivity contribution in [2.45, 2.75) is 49.7 Å². The Morgan fingerprint density at radius 1 is 1.38 bits per heavy atom. The van der Waals surface area contributed by atoms with Crippen molar-refractivity contribution in [2.75, 3.05) is 18.6 Å². The van der Waals surface area contributed by atoms with Crippen molar-refractivity contribution >= 4 is 21.6 Å². The molecule has 1 fully saturated rings. The molecule has 1 aliphatic carbocycles. The molecule has 0 spiro atoms. The molecule has 96 valence electrons. The van der Waals surface area contributed by atoms with E-state index in [9.17, 15) is 8.42 Å². The number of sulfone groups is 1. The van der Waals surface area contributed by atoms with Gasteiger partial charge in [-0.1, -0.05) is 6.42 Å². The second-order valence-electron chi connectivity index (χ2n) is 4.68. The summed E-state index contributed by atoms with van der Waals surface area (Å²) < 4.78 is 23.2. The van der Waals surface area contributed by atoms with Crippen LogP contribution in [0, 0.1) is 0 Å². The molecule has 1 N–H and O–H groups in total. The molecule has 0 amide bonds. The SMILES string of the molecule is CSC1CCCC1NCCS(=O)(=O)C(C)C. The molecule has 1 aliphatic rings. The molecule has 1 saturated carbocycles. The van der Waals surface area contributed by atoms with Crippen molar-refractivity contribution in [1.29, 1.82) is 0 Å². The maximum Gasteiger partial charge on any atom is 0.153 e. The highest BCUT2D eigenvalue weighted by molar-refractivity contribution is 7.99. The third-order valence-corrected chi connectivity index (χ3v) is 6.65. The van der Waals surface area contributed by atoms with Crippen molar-refractivity contribution in [2.24, 2.45) is 0 Å².